The van der Waals surface area contributed by atoms with Crippen LogP contribution in [0.25, 0.3) is 0 Å². The van der Waals surface area contributed by atoms with Crippen molar-refractivity contribution in [2.24, 2.45) is 0 Å². The molecule has 0 nitrogen and oxygen atoms in total. The van der Waals surface area contributed by atoms with Gasteiger partial charge in [0.05, 0.1) is 0 Å². The Morgan fingerprint density at radius 2 is 1.57 bits per heavy atom. The molecule has 0 aliphatic carbocycles. The van der Waals surface area contributed by atoms with Gasteiger partial charge in [0.25, 0.3) is 0 Å². The minimum absolute atomic E-state index is 0. The van der Waals surface area contributed by atoms with Gasteiger partial charge < -0.3 is 6.92 Å². The Labute approximate surface area is 97.3 Å². The van der Waals surface area contributed by atoms with Crippen LogP contribution in [0.3, 0.4) is 0 Å². The van der Waals surface area contributed by atoms with E-state index in [-0.39, 0.29) is 72.1 Å². The second kappa shape index (κ2) is 24.0. The van der Waals surface area contributed by atoms with Gasteiger partial charge in [-0.15, -0.1) is 12.4 Å². The van der Waals surface area contributed by atoms with Crippen LogP contribution in [0.1, 0.15) is 19.8 Å². The molecule has 0 fully saturated rings. The van der Waals surface area contributed by atoms with E-state index in [1.807, 2.05) is 0 Å². The van der Waals surface area contributed by atoms with Crippen LogP contribution >= 0.6 is 12.4 Å². The molecular formula is C4H10ClLiNd. The molecule has 0 unspecified atom stereocenters. The second-order valence-electron chi connectivity index (χ2n) is 0.854. The number of unbranched alkanes of at least 4 members (excludes halogenated alkanes) is 1. The number of halogens is 1. The van der Waals surface area contributed by atoms with Crippen molar-refractivity contribution in [3.05, 3.63) is 6.92 Å². The standard InChI is InChI=1S/C4H9.ClH.Li.Nd/c1-3-4-2;;;/h1,3-4H2,2H3;1H;;/q-1;;+1;. The van der Waals surface area contributed by atoms with E-state index in [0.29, 0.717) is 0 Å². The molecule has 0 rings (SSSR count). The molecule has 0 saturated carbocycles. The van der Waals surface area contributed by atoms with Crippen molar-refractivity contribution in [2.75, 3.05) is 0 Å². The van der Waals surface area contributed by atoms with Gasteiger partial charge in [-0.3, -0.25) is 0 Å². The van der Waals surface area contributed by atoms with Gasteiger partial charge in [-0.2, -0.15) is 6.42 Å². The van der Waals surface area contributed by atoms with Crippen molar-refractivity contribution < 1.29 is 59.7 Å². The van der Waals surface area contributed by atoms with Gasteiger partial charge >= 0.3 is 18.9 Å². The van der Waals surface area contributed by atoms with Crippen LogP contribution in [-0.2, 0) is 0 Å². The van der Waals surface area contributed by atoms with Crippen molar-refractivity contribution in [3.8, 4) is 0 Å². The maximum absolute atomic E-state index is 3.60. The Morgan fingerprint density at radius 1 is 1.43 bits per heavy atom. The number of hydrogen-bond donors (Lipinski definition) is 0. The third-order valence-corrected chi connectivity index (χ3v) is 0.354. The van der Waals surface area contributed by atoms with E-state index < -0.39 is 0 Å². The maximum Gasteiger partial charge on any atom is 1.00 e. The molecule has 0 radical (unpaired) electrons. The molecule has 0 spiro atoms. The van der Waals surface area contributed by atoms with Gasteiger partial charge in [0, 0.05) is 40.8 Å². The first-order valence-electron chi connectivity index (χ1n) is 1.71. The fraction of sp³-hybridized carbons (Fsp3) is 0.750. The Bertz CT molecular complexity index is 13.7. The van der Waals surface area contributed by atoms with E-state index in [1.54, 1.807) is 0 Å². The molecule has 0 aliphatic heterocycles. The van der Waals surface area contributed by atoms with Crippen LogP contribution in [0.15, 0.2) is 0 Å². The van der Waals surface area contributed by atoms with Crippen LogP contribution in [0.4, 0.5) is 0 Å². The van der Waals surface area contributed by atoms with E-state index in [4.69, 9.17) is 0 Å². The van der Waals surface area contributed by atoms with Gasteiger partial charge in [-0.05, 0) is 0 Å². The third kappa shape index (κ3) is 30.6. The van der Waals surface area contributed by atoms with E-state index in [0.717, 1.165) is 6.42 Å². The molecule has 7 heavy (non-hydrogen) atoms. The molecule has 0 aromatic rings. The predicted octanol–water partition coefficient (Wildman–Crippen LogP) is -0.954. The monoisotopic (exact) mass is 242 g/mol. The number of rotatable bonds is 1. The van der Waals surface area contributed by atoms with Crippen molar-refractivity contribution in [1.29, 1.82) is 0 Å². The van der Waals surface area contributed by atoms with Gasteiger partial charge in [0.15, 0.2) is 0 Å². The fourth-order valence-electron chi connectivity index (χ4n) is 0. The van der Waals surface area contributed by atoms with Crippen LogP contribution in [0.5, 0.6) is 0 Å². The topological polar surface area (TPSA) is 0 Å². The summed E-state index contributed by atoms with van der Waals surface area (Å²) < 4.78 is 0. The summed E-state index contributed by atoms with van der Waals surface area (Å²) in [7, 11) is 0. The quantitative estimate of drug-likeness (QED) is 0.412. The maximum atomic E-state index is 3.60. The van der Waals surface area contributed by atoms with Gasteiger partial charge in [0.2, 0.25) is 0 Å². The molecular weight excluding hydrogens is 235 g/mol. The molecule has 0 amide bonds. The molecule has 3 heteroatoms. The normalized spacial score (nSPS) is 4.29. The Morgan fingerprint density at radius 3 is 1.57 bits per heavy atom. The molecule has 0 bridgehead atoms. The van der Waals surface area contributed by atoms with Gasteiger partial charge in [-0.25, -0.2) is 0 Å². The first-order valence-corrected chi connectivity index (χ1v) is 1.71. The largest absolute Gasteiger partial charge is 1.00 e. The van der Waals surface area contributed by atoms with E-state index in [9.17, 15) is 0 Å². The smallest absolute Gasteiger partial charge is 0.343 e. The molecule has 0 heterocycles. The Hall–Kier alpha value is 2.24. The van der Waals surface area contributed by atoms with Crippen LogP contribution in [0.2, 0.25) is 0 Å². The second-order valence-corrected chi connectivity index (χ2v) is 0.854. The SMILES string of the molecule is Cl.[CH2-]CCC.[Li+].[Nd]. The summed E-state index contributed by atoms with van der Waals surface area (Å²) in [4.78, 5) is 0. The van der Waals surface area contributed by atoms with Crippen LogP contribution < -0.4 is 18.9 Å². The average molecular weight is 245 g/mol. The minimum atomic E-state index is 0. The Balaban J connectivity index is -0.0000000150. The Kier molecular flexibility index (Phi) is 78.4. The van der Waals surface area contributed by atoms with Crippen LogP contribution in [0, 0.1) is 47.8 Å². The van der Waals surface area contributed by atoms with E-state index >= 15 is 0 Å². The molecule has 0 saturated heterocycles. The van der Waals surface area contributed by atoms with Crippen LogP contribution in [-0.4, -0.2) is 0 Å². The zero-order valence-corrected chi connectivity index (χ0v) is 9.05. The van der Waals surface area contributed by atoms with Crippen molar-refractivity contribution in [3.63, 3.8) is 0 Å². The first kappa shape index (κ1) is 22.9. The predicted molar refractivity (Wildman–Crippen MR) is 27.5 cm³/mol. The summed E-state index contributed by atoms with van der Waals surface area (Å²) in [6, 6.07) is 0. The molecule has 38 valence electrons. The summed E-state index contributed by atoms with van der Waals surface area (Å²) in [5, 5.41) is 0. The van der Waals surface area contributed by atoms with E-state index in [1.165, 1.54) is 6.42 Å². The zero-order chi connectivity index (χ0) is 3.41. The molecule has 0 aliphatic rings. The molecule has 0 aromatic heterocycles. The zero-order valence-electron chi connectivity index (χ0n) is 5.03. The summed E-state index contributed by atoms with van der Waals surface area (Å²) >= 11 is 0. The van der Waals surface area contributed by atoms with Crippen molar-refractivity contribution in [2.45, 2.75) is 19.8 Å². The van der Waals surface area contributed by atoms with Gasteiger partial charge in [0.1, 0.15) is 0 Å². The minimum Gasteiger partial charge on any atom is -0.343 e. The van der Waals surface area contributed by atoms with E-state index in [2.05, 4.69) is 13.8 Å². The molecule has 0 aromatic carbocycles. The number of hydrogen-bond acceptors (Lipinski definition) is 0. The molecule has 0 N–H and O–H groups in total. The fourth-order valence-corrected chi connectivity index (χ4v) is 0. The first-order chi connectivity index (χ1) is 1.91. The van der Waals surface area contributed by atoms with Gasteiger partial charge in [-0.1, -0.05) is 13.3 Å². The summed E-state index contributed by atoms with van der Waals surface area (Å²) in [5.74, 6) is 0. The summed E-state index contributed by atoms with van der Waals surface area (Å²) in [6.07, 6.45) is 2.28. The summed E-state index contributed by atoms with van der Waals surface area (Å²) in [6.45, 7) is 5.72. The molecule has 0 atom stereocenters. The summed E-state index contributed by atoms with van der Waals surface area (Å²) in [5.41, 5.74) is 0. The third-order valence-electron chi connectivity index (χ3n) is 0.354. The van der Waals surface area contributed by atoms with Crippen molar-refractivity contribution in [1.82, 2.24) is 0 Å². The van der Waals surface area contributed by atoms with Crippen molar-refractivity contribution >= 4 is 12.4 Å². The average Bonchev–Trinajstić information content (AvgIpc) is 1.37.